The average molecular weight is 512 g/mol. The van der Waals surface area contributed by atoms with Crippen molar-refractivity contribution in [2.45, 2.75) is 43.7 Å². The average Bonchev–Trinajstić information content (AvgIpc) is 2.76. The second-order valence-electron chi connectivity index (χ2n) is 7.17. The molecule has 0 aliphatic rings. The van der Waals surface area contributed by atoms with Crippen molar-refractivity contribution in [2.75, 3.05) is 0 Å². The number of carbonyl (C=O) groups excluding carboxylic acids is 2. The number of carbonyl (C=O) groups is 2. The Balaban J connectivity index is 2.32. The number of benzene rings is 2. The van der Waals surface area contributed by atoms with E-state index in [4.69, 9.17) is 5.21 Å². The number of rotatable bonds is 10. The van der Waals surface area contributed by atoms with Gasteiger partial charge < -0.3 is 5.32 Å². The first-order chi connectivity index (χ1) is 14.7. The Bertz CT molecular complexity index is 984. The minimum atomic E-state index is -4.01. The number of hydroxylamine groups is 1. The van der Waals surface area contributed by atoms with E-state index in [2.05, 4.69) is 26.0 Å². The molecule has 0 saturated heterocycles. The van der Waals surface area contributed by atoms with Crippen LogP contribution in [0, 0.1) is 5.92 Å². The molecular weight excluding hydrogens is 486 g/mol. The normalized spacial score (nSPS) is 14.3. The molecule has 4 N–H and O–H groups in total. The Morgan fingerprint density at radius 1 is 1.03 bits per heavy atom. The zero-order valence-electron chi connectivity index (χ0n) is 17.2. The summed E-state index contributed by atoms with van der Waals surface area (Å²) < 4.78 is 28.9. The first-order valence-electron chi connectivity index (χ1n) is 9.74. The second kappa shape index (κ2) is 11.4. The molecule has 0 heterocycles. The van der Waals surface area contributed by atoms with Crippen LogP contribution in [0.2, 0.25) is 0 Å². The summed E-state index contributed by atoms with van der Waals surface area (Å²) in [6.07, 6.45) is 0.642. The molecule has 0 bridgehead atoms. The van der Waals surface area contributed by atoms with Crippen LogP contribution in [0.5, 0.6) is 0 Å². The van der Waals surface area contributed by atoms with Gasteiger partial charge in [-0.15, -0.1) is 0 Å². The molecule has 2 rings (SSSR count). The maximum absolute atomic E-state index is 13.1. The molecule has 10 heteroatoms. The van der Waals surface area contributed by atoms with E-state index in [0.29, 0.717) is 6.42 Å². The molecule has 8 nitrogen and oxygen atoms in total. The van der Waals surface area contributed by atoms with Crippen LogP contribution in [0.3, 0.4) is 0 Å². The van der Waals surface area contributed by atoms with Crippen LogP contribution in [-0.2, 0) is 26.0 Å². The molecule has 3 atom stereocenters. The van der Waals surface area contributed by atoms with E-state index < -0.39 is 33.9 Å². The molecule has 0 aromatic heterocycles. The SMILES string of the molecule is CC[C@H](C)[C@H](NC(=O)[C@H](Cc1ccccc1)NS(=O)(=O)c1ccc(Br)cc1)C(=O)NO. The third kappa shape index (κ3) is 7.13. The Kier molecular flexibility index (Phi) is 9.17. The summed E-state index contributed by atoms with van der Waals surface area (Å²) in [4.78, 5) is 25.1. The van der Waals surface area contributed by atoms with Crippen LogP contribution >= 0.6 is 15.9 Å². The van der Waals surface area contributed by atoms with Crippen molar-refractivity contribution < 1.29 is 23.2 Å². The van der Waals surface area contributed by atoms with Crippen molar-refractivity contribution in [3.63, 3.8) is 0 Å². The summed E-state index contributed by atoms with van der Waals surface area (Å²) in [7, 11) is -4.01. The number of hydrogen-bond acceptors (Lipinski definition) is 5. The van der Waals surface area contributed by atoms with E-state index in [-0.39, 0.29) is 17.2 Å². The van der Waals surface area contributed by atoms with E-state index >= 15 is 0 Å². The number of sulfonamides is 1. The third-order valence-electron chi connectivity index (χ3n) is 4.92. The van der Waals surface area contributed by atoms with Gasteiger partial charge in [0.25, 0.3) is 5.91 Å². The summed E-state index contributed by atoms with van der Waals surface area (Å²) in [5.74, 6) is -1.72. The van der Waals surface area contributed by atoms with Crippen molar-refractivity contribution in [1.82, 2.24) is 15.5 Å². The van der Waals surface area contributed by atoms with E-state index in [9.17, 15) is 18.0 Å². The predicted octanol–water partition coefficient (Wildman–Crippen LogP) is 2.37. The number of halogens is 1. The fraction of sp³-hybridized carbons (Fsp3) is 0.333. The van der Waals surface area contributed by atoms with E-state index in [1.807, 2.05) is 13.0 Å². The highest BCUT2D eigenvalue weighted by molar-refractivity contribution is 9.10. The largest absolute Gasteiger partial charge is 0.343 e. The first kappa shape index (κ1) is 25.0. The standard InChI is InChI=1S/C21H26BrN3O5S/c1-3-14(2)19(21(27)24-28)23-20(26)18(13-15-7-5-4-6-8-15)25-31(29,30)17-11-9-16(22)10-12-17/h4-12,14,18-19,25,28H,3,13H2,1-2H3,(H,23,26)(H,24,27)/t14-,18-,19-/m0/s1. The molecule has 0 spiro atoms. The minimum Gasteiger partial charge on any atom is -0.343 e. The molecule has 31 heavy (non-hydrogen) atoms. The molecule has 0 fully saturated rings. The Hall–Kier alpha value is -2.27. The molecule has 0 aliphatic heterocycles. The summed E-state index contributed by atoms with van der Waals surface area (Å²) >= 11 is 3.26. The summed E-state index contributed by atoms with van der Waals surface area (Å²) in [6.45, 7) is 3.59. The lowest BCUT2D eigenvalue weighted by atomic mass is 9.97. The predicted molar refractivity (Wildman–Crippen MR) is 120 cm³/mol. The van der Waals surface area contributed by atoms with Crippen molar-refractivity contribution in [2.24, 2.45) is 5.92 Å². The van der Waals surface area contributed by atoms with E-state index in [1.165, 1.54) is 12.1 Å². The van der Waals surface area contributed by atoms with Crippen LogP contribution in [0.4, 0.5) is 0 Å². The molecule has 2 aromatic rings. The minimum absolute atomic E-state index is 0.00754. The van der Waals surface area contributed by atoms with Gasteiger partial charge in [-0.25, -0.2) is 13.9 Å². The Labute approximate surface area is 190 Å². The van der Waals surface area contributed by atoms with Gasteiger partial charge in [-0.05, 0) is 42.2 Å². The van der Waals surface area contributed by atoms with E-state index in [1.54, 1.807) is 48.8 Å². The summed E-state index contributed by atoms with van der Waals surface area (Å²) in [6, 6.07) is 12.8. The van der Waals surface area contributed by atoms with Gasteiger partial charge >= 0.3 is 0 Å². The van der Waals surface area contributed by atoms with Gasteiger partial charge in [-0.2, -0.15) is 4.72 Å². The lowest BCUT2D eigenvalue weighted by Gasteiger charge is -2.25. The number of amides is 2. The maximum Gasteiger partial charge on any atom is 0.266 e. The lowest BCUT2D eigenvalue weighted by Crippen LogP contribution is -2.56. The molecular formula is C21H26BrN3O5S. The van der Waals surface area contributed by atoms with Gasteiger partial charge in [0.1, 0.15) is 12.1 Å². The lowest BCUT2D eigenvalue weighted by molar-refractivity contribution is -0.136. The topological polar surface area (TPSA) is 125 Å². The van der Waals surface area contributed by atoms with Gasteiger partial charge in [-0.1, -0.05) is 66.5 Å². The Morgan fingerprint density at radius 3 is 2.19 bits per heavy atom. The first-order valence-corrected chi connectivity index (χ1v) is 12.0. The molecule has 0 saturated carbocycles. The molecule has 2 amide bonds. The smallest absolute Gasteiger partial charge is 0.266 e. The van der Waals surface area contributed by atoms with Crippen LogP contribution < -0.4 is 15.5 Å². The van der Waals surface area contributed by atoms with Crippen molar-refractivity contribution >= 4 is 37.8 Å². The molecule has 2 aromatic carbocycles. The highest BCUT2D eigenvalue weighted by Crippen LogP contribution is 2.16. The molecule has 0 aliphatic carbocycles. The highest BCUT2D eigenvalue weighted by Gasteiger charge is 2.31. The fourth-order valence-electron chi connectivity index (χ4n) is 2.93. The maximum atomic E-state index is 13.1. The van der Waals surface area contributed by atoms with Gasteiger partial charge in [0.05, 0.1) is 4.90 Å². The summed E-state index contributed by atoms with van der Waals surface area (Å²) in [5.41, 5.74) is 2.30. The highest BCUT2D eigenvalue weighted by atomic mass is 79.9. The van der Waals surface area contributed by atoms with Crippen LogP contribution in [0.25, 0.3) is 0 Å². The van der Waals surface area contributed by atoms with Gasteiger partial charge in [-0.3, -0.25) is 14.8 Å². The number of hydrogen-bond donors (Lipinski definition) is 4. The monoisotopic (exact) mass is 511 g/mol. The van der Waals surface area contributed by atoms with Crippen molar-refractivity contribution in [1.29, 1.82) is 0 Å². The fourth-order valence-corrected chi connectivity index (χ4v) is 4.39. The van der Waals surface area contributed by atoms with Crippen LogP contribution in [0.15, 0.2) is 64.0 Å². The van der Waals surface area contributed by atoms with Crippen LogP contribution in [0.1, 0.15) is 25.8 Å². The quantitative estimate of drug-likeness (QED) is 0.288. The van der Waals surface area contributed by atoms with Crippen molar-refractivity contribution in [3.05, 3.63) is 64.6 Å². The third-order valence-corrected chi connectivity index (χ3v) is 6.94. The molecule has 168 valence electrons. The van der Waals surface area contributed by atoms with E-state index in [0.717, 1.165) is 10.0 Å². The zero-order chi connectivity index (χ0) is 23.0. The van der Waals surface area contributed by atoms with Gasteiger partial charge in [0.15, 0.2) is 0 Å². The van der Waals surface area contributed by atoms with Crippen LogP contribution in [-0.4, -0.2) is 37.5 Å². The molecule has 0 unspecified atom stereocenters. The van der Waals surface area contributed by atoms with Gasteiger partial charge in [0, 0.05) is 4.47 Å². The summed E-state index contributed by atoms with van der Waals surface area (Å²) in [5, 5.41) is 11.6. The zero-order valence-corrected chi connectivity index (χ0v) is 19.6. The molecule has 0 radical (unpaired) electrons. The number of nitrogens with one attached hydrogen (secondary N) is 3. The van der Waals surface area contributed by atoms with Gasteiger partial charge in [0.2, 0.25) is 15.9 Å². The Morgan fingerprint density at radius 2 is 1.65 bits per heavy atom. The van der Waals surface area contributed by atoms with Crippen molar-refractivity contribution in [3.8, 4) is 0 Å². The second-order valence-corrected chi connectivity index (χ2v) is 9.80.